The number of methoxy groups -OCH3 is 1. The number of carbonyl (C=O) groups excluding carboxylic acids is 1. The number of nitrogen functional groups attached to an aromatic ring is 1. The molecule has 2 aromatic heterocycles. The summed E-state index contributed by atoms with van der Waals surface area (Å²) in [6.45, 7) is 4.47. The Bertz CT molecular complexity index is 1220. The summed E-state index contributed by atoms with van der Waals surface area (Å²) in [5.74, 6) is -0.461. The molecule has 33 heavy (non-hydrogen) atoms. The second-order valence-corrected chi connectivity index (χ2v) is 8.23. The molecular weight excluding hydrogens is 446 g/mol. The number of amides is 1. The minimum absolute atomic E-state index is 0.0277. The van der Waals surface area contributed by atoms with Crippen molar-refractivity contribution in [2.45, 2.75) is 32.0 Å². The first-order valence-electron chi connectivity index (χ1n) is 10.4. The van der Waals surface area contributed by atoms with Crippen LogP contribution < -0.4 is 21.9 Å². The van der Waals surface area contributed by atoms with Crippen LogP contribution in [0.1, 0.15) is 18.9 Å². The molecule has 3 N–H and O–H groups in total. The fourth-order valence-electron chi connectivity index (χ4n) is 3.24. The van der Waals surface area contributed by atoms with Crippen LogP contribution in [-0.4, -0.2) is 56.2 Å². The monoisotopic (exact) mass is 473 g/mol. The Morgan fingerprint density at radius 3 is 2.67 bits per heavy atom. The molecule has 0 atom stereocenters. The van der Waals surface area contributed by atoms with E-state index in [1.807, 2.05) is 38.1 Å². The zero-order valence-corrected chi connectivity index (χ0v) is 19.6. The van der Waals surface area contributed by atoms with E-state index in [0.29, 0.717) is 18.1 Å². The van der Waals surface area contributed by atoms with E-state index in [9.17, 15) is 14.4 Å². The molecule has 12 heteroatoms. The first-order chi connectivity index (χ1) is 15.9. The molecule has 1 aromatic carbocycles. The van der Waals surface area contributed by atoms with Gasteiger partial charge in [-0.1, -0.05) is 36.4 Å². The highest BCUT2D eigenvalue weighted by atomic mass is 32.2. The number of hydrogen-bond acceptors (Lipinski definition) is 8. The Morgan fingerprint density at radius 1 is 1.27 bits per heavy atom. The third kappa shape index (κ3) is 5.52. The third-order valence-corrected chi connectivity index (χ3v) is 5.83. The summed E-state index contributed by atoms with van der Waals surface area (Å²) in [6.07, 6.45) is 2.20. The Hall–Kier alpha value is -3.38. The molecular formula is C21H27N7O4S. The van der Waals surface area contributed by atoms with Gasteiger partial charge in [0.2, 0.25) is 5.91 Å². The maximum atomic E-state index is 13.2. The van der Waals surface area contributed by atoms with Crippen LogP contribution in [0.15, 0.2) is 45.3 Å². The second kappa shape index (κ2) is 11.0. The van der Waals surface area contributed by atoms with Gasteiger partial charge in [-0.15, -0.1) is 10.2 Å². The molecule has 0 saturated carbocycles. The highest BCUT2D eigenvalue weighted by molar-refractivity contribution is 7.99. The van der Waals surface area contributed by atoms with Crippen molar-refractivity contribution >= 4 is 29.2 Å². The van der Waals surface area contributed by atoms with Crippen molar-refractivity contribution in [1.29, 1.82) is 0 Å². The predicted molar refractivity (Wildman–Crippen MR) is 127 cm³/mol. The zero-order chi connectivity index (χ0) is 24.0. The van der Waals surface area contributed by atoms with Gasteiger partial charge in [-0.2, -0.15) is 0 Å². The maximum Gasteiger partial charge on any atom is 0.330 e. The number of nitrogens with two attached hydrogens (primary N) is 1. The molecule has 11 nitrogen and oxygen atoms in total. The van der Waals surface area contributed by atoms with E-state index >= 15 is 0 Å². The summed E-state index contributed by atoms with van der Waals surface area (Å²) < 4.78 is 8.15. The van der Waals surface area contributed by atoms with Gasteiger partial charge < -0.3 is 15.4 Å². The number of hydrogen-bond donors (Lipinski definition) is 2. The Morgan fingerprint density at radius 2 is 2.00 bits per heavy atom. The number of anilines is 2. The van der Waals surface area contributed by atoms with Gasteiger partial charge in [0.25, 0.3) is 5.56 Å². The molecule has 0 saturated heterocycles. The zero-order valence-electron chi connectivity index (χ0n) is 18.8. The molecule has 0 radical (unpaired) electrons. The van der Waals surface area contributed by atoms with Crippen molar-refractivity contribution in [3.05, 3.63) is 57.0 Å². The van der Waals surface area contributed by atoms with Gasteiger partial charge in [0, 0.05) is 25.9 Å². The van der Waals surface area contributed by atoms with Crippen LogP contribution in [0.2, 0.25) is 0 Å². The lowest BCUT2D eigenvalue weighted by Crippen LogP contribution is -2.43. The molecule has 3 aromatic rings. The molecule has 0 unspecified atom stereocenters. The summed E-state index contributed by atoms with van der Waals surface area (Å²) in [5, 5.41) is 8.59. The van der Waals surface area contributed by atoms with Gasteiger partial charge in [0.15, 0.2) is 10.8 Å². The SMILES string of the molecule is CCCn1c(N)c(N(CCOC)C(=O)CSc2nncn2-c2ccc(C)cc2)c(=O)[nH]c1=O. The highest BCUT2D eigenvalue weighted by Crippen LogP contribution is 2.23. The number of benzene rings is 1. The van der Waals surface area contributed by atoms with E-state index in [1.54, 1.807) is 10.9 Å². The number of rotatable bonds is 10. The minimum atomic E-state index is -0.720. The first-order valence-corrected chi connectivity index (χ1v) is 11.4. The topological polar surface area (TPSA) is 141 Å². The number of H-pyrrole nitrogens is 1. The largest absolute Gasteiger partial charge is 0.383 e. The number of nitrogens with zero attached hydrogens (tertiary/aromatic N) is 5. The number of ether oxygens (including phenoxy) is 1. The average Bonchev–Trinajstić information content (AvgIpc) is 3.26. The fraction of sp³-hybridized carbons (Fsp3) is 0.381. The second-order valence-electron chi connectivity index (χ2n) is 7.29. The number of aryl methyl sites for hydroxylation is 1. The number of carbonyl (C=O) groups is 1. The number of aromatic amines is 1. The van der Waals surface area contributed by atoms with Gasteiger partial charge >= 0.3 is 5.69 Å². The number of thioether (sulfide) groups is 1. The van der Waals surface area contributed by atoms with Crippen molar-refractivity contribution in [2.24, 2.45) is 0 Å². The minimum Gasteiger partial charge on any atom is -0.383 e. The lowest BCUT2D eigenvalue weighted by atomic mass is 10.2. The smallest absolute Gasteiger partial charge is 0.330 e. The van der Waals surface area contributed by atoms with Gasteiger partial charge in [0.05, 0.1) is 12.4 Å². The molecule has 0 aliphatic carbocycles. The van der Waals surface area contributed by atoms with Gasteiger partial charge in [-0.25, -0.2) is 4.79 Å². The van der Waals surface area contributed by atoms with Gasteiger partial charge in [-0.05, 0) is 25.5 Å². The third-order valence-electron chi connectivity index (χ3n) is 4.90. The Balaban J connectivity index is 1.87. The van der Waals surface area contributed by atoms with Crippen LogP contribution in [0.3, 0.4) is 0 Å². The number of nitrogens with one attached hydrogen (secondary N) is 1. The summed E-state index contributed by atoms with van der Waals surface area (Å²) >= 11 is 1.18. The molecule has 3 rings (SSSR count). The number of aromatic nitrogens is 5. The van der Waals surface area contributed by atoms with E-state index in [0.717, 1.165) is 11.3 Å². The molecule has 0 fully saturated rings. The van der Waals surface area contributed by atoms with Crippen molar-refractivity contribution < 1.29 is 9.53 Å². The molecule has 0 spiro atoms. The van der Waals surface area contributed by atoms with E-state index in [2.05, 4.69) is 15.2 Å². The summed E-state index contributed by atoms with van der Waals surface area (Å²) in [7, 11) is 1.49. The van der Waals surface area contributed by atoms with Crippen LogP contribution in [-0.2, 0) is 16.1 Å². The van der Waals surface area contributed by atoms with Crippen LogP contribution >= 0.6 is 11.8 Å². The summed E-state index contributed by atoms with van der Waals surface area (Å²) in [4.78, 5) is 41.5. The van der Waals surface area contributed by atoms with Crippen molar-refractivity contribution in [3.63, 3.8) is 0 Å². The summed E-state index contributed by atoms with van der Waals surface area (Å²) in [5.41, 5.74) is 6.75. The quantitative estimate of drug-likeness (QED) is 0.418. The van der Waals surface area contributed by atoms with E-state index in [-0.39, 0.29) is 36.3 Å². The standard InChI is InChI=1S/C21H27N7O4S/c1-4-9-27-18(22)17(19(30)24-20(27)31)26(10-11-32-3)16(29)12-33-21-25-23-13-28(21)15-7-5-14(2)6-8-15/h5-8,13H,4,9-12,22H2,1-3H3,(H,24,30,31). The van der Waals surface area contributed by atoms with Gasteiger partial charge in [0.1, 0.15) is 12.1 Å². The molecule has 0 aliphatic rings. The van der Waals surface area contributed by atoms with Crippen LogP contribution in [0, 0.1) is 6.92 Å². The Kier molecular flexibility index (Phi) is 8.06. The predicted octanol–water partition coefficient (Wildman–Crippen LogP) is 1.19. The molecule has 1 amide bonds. The first kappa shape index (κ1) is 24.3. The fourth-order valence-corrected chi connectivity index (χ4v) is 4.04. The summed E-state index contributed by atoms with van der Waals surface area (Å²) in [6, 6.07) is 7.82. The van der Waals surface area contributed by atoms with Crippen molar-refractivity contribution in [1.82, 2.24) is 24.3 Å². The molecule has 0 bridgehead atoms. The molecule has 176 valence electrons. The van der Waals surface area contributed by atoms with Crippen LogP contribution in [0.4, 0.5) is 11.5 Å². The Labute approximate surface area is 194 Å². The highest BCUT2D eigenvalue weighted by Gasteiger charge is 2.24. The van der Waals surface area contributed by atoms with Crippen molar-refractivity contribution in [2.75, 3.05) is 36.6 Å². The van der Waals surface area contributed by atoms with E-state index in [1.165, 1.54) is 28.3 Å². The van der Waals surface area contributed by atoms with Crippen LogP contribution in [0.5, 0.6) is 0 Å². The molecule has 0 aliphatic heterocycles. The van der Waals surface area contributed by atoms with E-state index < -0.39 is 11.2 Å². The maximum absolute atomic E-state index is 13.2. The van der Waals surface area contributed by atoms with E-state index in [4.69, 9.17) is 10.5 Å². The van der Waals surface area contributed by atoms with Crippen molar-refractivity contribution in [3.8, 4) is 5.69 Å². The lowest BCUT2D eigenvalue weighted by Gasteiger charge is -2.24. The van der Waals surface area contributed by atoms with Gasteiger partial charge in [-0.3, -0.25) is 23.7 Å². The average molecular weight is 474 g/mol. The normalized spacial score (nSPS) is 11.0. The lowest BCUT2D eigenvalue weighted by molar-refractivity contribution is -0.116. The molecule has 2 heterocycles. The van der Waals surface area contributed by atoms with Crippen LogP contribution in [0.25, 0.3) is 5.69 Å².